The van der Waals surface area contributed by atoms with Gasteiger partial charge in [-0.3, -0.25) is 9.79 Å². The minimum Gasteiger partial charge on any atom is -0.325 e. The lowest BCUT2D eigenvalue weighted by Gasteiger charge is -2.09. The lowest BCUT2D eigenvalue weighted by molar-refractivity contribution is -0.113. The molecule has 0 spiro atoms. The first kappa shape index (κ1) is 23.0. The number of amides is 1. The van der Waals surface area contributed by atoms with Gasteiger partial charge in [-0.15, -0.1) is 11.8 Å². The highest BCUT2D eigenvalue weighted by Crippen LogP contribution is 2.36. The number of nitrogens with zero attached hydrogens (tertiary/aromatic N) is 2. The third-order valence-corrected chi connectivity index (χ3v) is 6.79. The summed E-state index contributed by atoms with van der Waals surface area (Å²) in [5.74, 6) is 0.265. The van der Waals surface area contributed by atoms with E-state index in [9.17, 15) is 4.79 Å². The number of hydrogen-bond acceptors (Lipinski definition) is 4. The molecule has 1 N–H and O–H groups in total. The van der Waals surface area contributed by atoms with Crippen LogP contribution in [-0.2, 0) is 11.2 Å². The van der Waals surface area contributed by atoms with Crippen LogP contribution in [-0.4, -0.2) is 22.4 Å². The van der Waals surface area contributed by atoms with Crippen LogP contribution in [0.5, 0.6) is 0 Å². The molecular formula is C28H29N3OS. The summed E-state index contributed by atoms with van der Waals surface area (Å²) in [7, 11) is 0. The molecule has 0 atom stereocenters. The van der Waals surface area contributed by atoms with Gasteiger partial charge in [0.1, 0.15) is 0 Å². The van der Waals surface area contributed by atoms with Crippen LogP contribution in [0.2, 0.25) is 0 Å². The monoisotopic (exact) mass is 455 g/mol. The molecule has 0 radical (unpaired) electrons. The molecule has 4 rings (SSSR count). The molecule has 0 fully saturated rings. The van der Waals surface area contributed by atoms with E-state index in [4.69, 9.17) is 9.98 Å². The highest BCUT2D eigenvalue weighted by atomic mass is 32.2. The molecule has 168 valence electrons. The molecule has 1 heterocycles. The first-order valence-corrected chi connectivity index (χ1v) is 12.2. The maximum absolute atomic E-state index is 12.6. The number of fused-ring (bicyclic) bond motifs is 1. The Labute approximate surface area is 200 Å². The topological polar surface area (TPSA) is 53.8 Å². The fraction of sp³-hybridized carbons (Fsp3) is 0.250. The zero-order chi connectivity index (χ0) is 23.4. The van der Waals surface area contributed by atoms with Crippen LogP contribution in [0.1, 0.15) is 41.2 Å². The van der Waals surface area contributed by atoms with Gasteiger partial charge in [-0.2, -0.15) is 0 Å². The highest BCUT2D eigenvalue weighted by Gasteiger charge is 2.17. The van der Waals surface area contributed by atoms with Crippen molar-refractivity contribution in [3.05, 3.63) is 88.5 Å². The van der Waals surface area contributed by atoms with Gasteiger partial charge in [0.05, 0.1) is 27.9 Å². The minimum absolute atomic E-state index is 0.0367. The average Bonchev–Trinajstić information content (AvgIpc) is 2.98. The smallest absolute Gasteiger partial charge is 0.234 e. The maximum Gasteiger partial charge on any atom is 0.234 e. The molecule has 0 aliphatic carbocycles. The molecule has 0 saturated carbocycles. The van der Waals surface area contributed by atoms with E-state index < -0.39 is 0 Å². The second-order valence-corrected chi connectivity index (χ2v) is 9.47. The Morgan fingerprint density at radius 3 is 2.18 bits per heavy atom. The minimum atomic E-state index is -0.0367. The van der Waals surface area contributed by atoms with Crippen LogP contribution in [0.3, 0.4) is 0 Å². The standard InChI is InChI=1S/C28H29N3OS/c1-5-21-8-12-23(13-9-21)29-27(32)17-33-28-16-24(22-10-6-18(2)7-11-22)30-25-14-19(3)20(4)15-26(25)31-28/h6-15H,5,16-17H2,1-4H3,(H,29,32). The summed E-state index contributed by atoms with van der Waals surface area (Å²) in [6.45, 7) is 8.38. The van der Waals surface area contributed by atoms with Gasteiger partial charge in [0.15, 0.2) is 0 Å². The summed E-state index contributed by atoms with van der Waals surface area (Å²) in [6.07, 6.45) is 1.58. The quantitative estimate of drug-likeness (QED) is 0.446. The van der Waals surface area contributed by atoms with E-state index in [0.29, 0.717) is 12.2 Å². The molecular weight excluding hydrogens is 426 g/mol. The van der Waals surface area contributed by atoms with Crippen LogP contribution in [0.25, 0.3) is 0 Å². The van der Waals surface area contributed by atoms with Gasteiger partial charge in [-0.05, 0) is 73.7 Å². The van der Waals surface area contributed by atoms with E-state index >= 15 is 0 Å². The van der Waals surface area contributed by atoms with Crippen LogP contribution >= 0.6 is 11.8 Å². The van der Waals surface area contributed by atoms with Crippen LogP contribution in [0.15, 0.2) is 70.6 Å². The number of anilines is 1. The SMILES string of the molecule is CCc1ccc(NC(=O)CSC2=Nc3cc(C)c(C)cc3N=C(c3ccc(C)cc3)C2)cc1. The van der Waals surface area contributed by atoms with Crippen LogP contribution < -0.4 is 5.32 Å². The Balaban J connectivity index is 1.55. The number of aryl methyl sites for hydroxylation is 4. The molecule has 1 aliphatic rings. The number of carbonyl (C=O) groups is 1. The summed E-state index contributed by atoms with van der Waals surface area (Å²) >= 11 is 1.48. The van der Waals surface area contributed by atoms with Gasteiger partial charge in [0.2, 0.25) is 5.91 Å². The van der Waals surface area contributed by atoms with Crippen molar-refractivity contribution < 1.29 is 4.79 Å². The molecule has 1 aliphatic heterocycles. The van der Waals surface area contributed by atoms with E-state index in [2.05, 4.69) is 69.4 Å². The van der Waals surface area contributed by atoms with Crippen molar-refractivity contribution in [2.45, 2.75) is 40.5 Å². The molecule has 0 bridgehead atoms. The molecule has 33 heavy (non-hydrogen) atoms. The molecule has 0 aromatic heterocycles. The van der Waals surface area contributed by atoms with E-state index in [0.717, 1.165) is 39.8 Å². The van der Waals surface area contributed by atoms with Crippen molar-refractivity contribution in [3.8, 4) is 0 Å². The Hall–Kier alpha value is -3.18. The third kappa shape index (κ3) is 5.79. The zero-order valence-corrected chi connectivity index (χ0v) is 20.4. The lowest BCUT2D eigenvalue weighted by Crippen LogP contribution is -2.16. The number of rotatable bonds is 5. The Morgan fingerprint density at radius 2 is 1.55 bits per heavy atom. The molecule has 3 aromatic rings. The summed E-state index contributed by atoms with van der Waals surface area (Å²) in [4.78, 5) is 22.5. The largest absolute Gasteiger partial charge is 0.325 e. The third-order valence-electron chi connectivity index (χ3n) is 5.81. The van der Waals surface area contributed by atoms with Gasteiger partial charge >= 0.3 is 0 Å². The first-order valence-electron chi connectivity index (χ1n) is 11.3. The number of hydrogen-bond donors (Lipinski definition) is 1. The van der Waals surface area contributed by atoms with Crippen LogP contribution in [0.4, 0.5) is 17.1 Å². The summed E-state index contributed by atoms with van der Waals surface area (Å²) in [5.41, 5.74) is 9.46. The van der Waals surface area contributed by atoms with Crippen LogP contribution in [0, 0.1) is 20.8 Å². The van der Waals surface area contributed by atoms with Gasteiger partial charge in [-0.1, -0.05) is 48.9 Å². The van der Waals surface area contributed by atoms with Gasteiger partial charge in [-0.25, -0.2) is 4.99 Å². The average molecular weight is 456 g/mol. The Kier molecular flexibility index (Phi) is 7.09. The molecule has 0 unspecified atom stereocenters. The van der Waals surface area contributed by atoms with Crippen molar-refractivity contribution in [2.24, 2.45) is 9.98 Å². The van der Waals surface area contributed by atoms with E-state index in [1.807, 2.05) is 24.3 Å². The van der Waals surface area contributed by atoms with Gasteiger partial charge < -0.3 is 5.32 Å². The van der Waals surface area contributed by atoms with Crippen molar-refractivity contribution in [3.63, 3.8) is 0 Å². The normalized spacial score (nSPS) is 13.0. The fourth-order valence-corrected chi connectivity index (χ4v) is 4.40. The van der Waals surface area contributed by atoms with Gasteiger partial charge in [0, 0.05) is 12.1 Å². The van der Waals surface area contributed by atoms with Crippen molar-refractivity contribution in [1.29, 1.82) is 0 Å². The van der Waals surface area contributed by atoms with E-state index in [-0.39, 0.29) is 5.91 Å². The summed E-state index contributed by atoms with van der Waals surface area (Å²) in [6, 6.07) is 20.6. The predicted molar refractivity (Wildman–Crippen MR) is 142 cm³/mol. The predicted octanol–water partition coefficient (Wildman–Crippen LogP) is 7.10. The van der Waals surface area contributed by atoms with E-state index in [1.165, 1.54) is 34.0 Å². The second kappa shape index (κ2) is 10.2. The number of benzene rings is 3. The zero-order valence-electron chi connectivity index (χ0n) is 19.6. The fourth-order valence-electron chi connectivity index (χ4n) is 3.63. The second-order valence-electron chi connectivity index (χ2n) is 8.42. The molecule has 0 saturated heterocycles. The number of nitrogens with one attached hydrogen (secondary N) is 1. The van der Waals surface area contributed by atoms with Gasteiger partial charge in [0.25, 0.3) is 0 Å². The number of aliphatic imine (C=N–C) groups is 2. The summed E-state index contributed by atoms with van der Waals surface area (Å²) < 4.78 is 0. The highest BCUT2D eigenvalue weighted by molar-refractivity contribution is 8.14. The lowest BCUT2D eigenvalue weighted by atomic mass is 10.1. The van der Waals surface area contributed by atoms with E-state index in [1.54, 1.807) is 0 Å². The molecule has 3 aromatic carbocycles. The molecule has 5 heteroatoms. The molecule has 1 amide bonds. The number of carbonyl (C=O) groups excluding carboxylic acids is 1. The van der Waals surface area contributed by atoms with Crippen molar-refractivity contribution in [2.75, 3.05) is 11.1 Å². The van der Waals surface area contributed by atoms with Crippen molar-refractivity contribution >= 4 is 45.5 Å². The Morgan fingerprint density at radius 1 is 0.909 bits per heavy atom. The maximum atomic E-state index is 12.6. The molecule has 4 nitrogen and oxygen atoms in total. The summed E-state index contributed by atoms with van der Waals surface area (Å²) in [5, 5.41) is 3.88. The number of thioether (sulfide) groups is 1. The first-order chi connectivity index (χ1) is 15.9. The van der Waals surface area contributed by atoms with Crippen molar-refractivity contribution in [1.82, 2.24) is 0 Å². The Bertz CT molecular complexity index is 1230.